The van der Waals surface area contributed by atoms with E-state index in [4.69, 9.17) is 0 Å². The van der Waals surface area contributed by atoms with Crippen LogP contribution in [0.2, 0.25) is 0 Å². The molecular formula is C15H20N2O3S. The number of thioether (sulfide) groups is 1. The minimum absolute atomic E-state index is 0.105. The fourth-order valence-electron chi connectivity index (χ4n) is 2.38. The van der Waals surface area contributed by atoms with Crippen molar-refractivity contribution in [2.75, 3.05) is 18.1 Å². The molecule has 0 saturated heterocycles. The predicted octanol–water partition coefficient (Wildman–Crippen LogP) is 3.10. The van der Waals surface area contributed by atoms with Crippen molar-refractivity contribution in [2.45, 2.75) is 30.9 Å². The molecule has 6 heteroatoms. The zero-order valence-corrected chi connectivity index (χ0v) is 13.0. The van der Waals surface area contributed by atoms with Gasteiger partial charge < -0.3 is 15.7 Å². The second-order valence-electron chi connectivity index (χ2n) is 5.40. The molecule has 114 valence electrons. The van der Waals surface area contributed by atoms with Gasteiger partial charge in [-0.25, -0.2) is 9.59 Å². The molecule has 2 amide bonds. The van der Waals surface area contributed by atoms with E-state index in [1.54, 1.807) is 30.0 Å². The van der Waals surface area contributed by atoms with Crippen LogP contribution in [0.4, 0.5) is 10.5 Å². The van der Waals surface area contributed by atoms with Gasteiger partial charge in [-0.3, -0.25) is 0 Å². The van der Waals surface area contributed by atoms with Gasteiger partial charge in [-0.2, -0.15) is 11.8 Å². The highest BCUT2D eigenvalue weighted by Gasteiger charge is 2.36. The third-order valence-corrected chi connectivity index (χ3v) is 5.34. The third kappa shape index (κ3) is 3.69. The number of aromatic carboxylic acids is 1. The first-order valence-electron chi connectivity index (χ1n) is 6.90. The molecule has 1 aliphatic rings. The van der Waals surface area contributed by atoms with E-state index in [1.165, 1.54) is 6.42 Å². The van der Waals surface area contributed by atoms with Crippen LogP contribution in [0.15, 0.2) is 18.2 Å². The van der Waals surface area contributed by atoms with E-state index >= 15 is 0 Å². The number of carboxylic acids is 1. The van der Waals surface area contributed by atoms with Gasteiger partial charge in [0, 0.05) is 11.3 Å². The third-order valence-electron chi connectivity index (χ3n) is 3.92. The Balaban J connectivity index is 1.98. The van der Waals surface area contributed by atoms with E-state index in [0.29, 0.717) is 12.2 Å². The Morgan fingerprint density at radius 3 is 2.62 bits per heavy atom. The van der Waals surface area contributed by atoms with E-state index < -0.39 is 5.97 Å². The van der Waals surface area contributed by atoms with Gasteiger partial charge in [0.25, 0.3) is 0 Å². The molecule has 2 rings (SSSR count). The molecule has 0 heterocycles. The molecule has 21 heavy (non-hydrogen) atoms. The highest BCUT2D eigenvalue weighted by molar-refractivity contribution is 8.00. The standard InChI is InChI=1S/C15H20N2O3S/c1-10-4-5-12(11(8-10)13(18)19)17-14(20)16-9-15(21-2)6-3-7-15/h4-5,8H,3,6-7,9H2,1-2H3,(H,18,19)(H2,16,17,20). The van der Waals surface area contributed by atoms with Crippen LogP contribution in [-0.2, 0) is 0 Å². The summed E-state index contributed by atoms with van der Waals surface area (Å²) in [5.41, 5.74) is 1.26. The second kappa shape index (κ2) is 6.39. The highest BCUT2D eigenvalue weighted by atomic mass is 32.2. The van der Waals surface area contributed by atoms with E-state index in [9.17, 15) is 14.7 Å². The van der Waals surface area contributed by atoms with Crippen LogP contribution >= 0.6 is 11.8 Å². The Labute approximate surface area is 128 Å². The Kier molecular flexibility index (Phi) is 4.77. The summed E-state index contributed by atoms with van der Waals surface area (Å²) in [6.45, 7) is 2.42. The van der Waals surface area contributed by atoms with Crippen molar-refractivity contribution in [2.24, 2.45) is 0 Å². The average molecular weight is 308 g/mol. The summed E-state index contributed by atoms with van der Waals surface area (Å²) in [6.07, 6.45) is 5.48. The number of urea groups is 1. The topological polar surface area (TPSA) is 78.4 Å². The SMILES string of the molecule is CSC1(CNC(=O)Nc2ccc(C)cc2C(=O)O)CCC1. The van der Waals surface area contributed by atoms with Crippen LogP contribution < -0.4 is 10.6 Å². The van der Waals surface area contributed by atoms with Crippen molar-refractivity contribution in [1.29, 1.82) is 0 Å². The summed E-state index contributed by atoms with van der Waals surface area (Å²) in [6, 6.07) is 4.58. The smallest absolute Gasteiger partial charge is 0.337 e. The molecule has 0 radical (unpaired) electrons. The maximum absolute atomic E-state index is 12.0. The van der Waals surface area contributed by atoms with E-state index in [2.05, 4.69) is 16.9 Å². The van der Waals surface area contributed by atoms with Gasteiger partial charge in [0.15, 0.2) is 0 Å². The van der Waals surface area contributed by atoms with Gasteiger partial charge >= 0.3 is 12.0 Å². The fourth-order valence-corrected chi connectivity index (χ4v) is 3.29. The number of nitrogens with one attached hydrogen (secondary N) is 2. The zero-order valence-electron chi connectivity index (χ0n) is 12.2. The number of carbonyl (C=O) groups is 2. The summed E-state index contributed by atoms with van der Waals surface area (Å²) in [5.74, 6) is -1.05. The number of hydrogen-bond donors (Lipinski definition) is 3. The minimum Gasteiger partial charge on any atom is -0.478 e. The first-order valence-corrected chi connectivity index (χ1v) is 8.12. The fraction of sp³-hybridized carbons (Fsp3) is 0.467. The molecule has 0 aliphatic heterocycles. The van der Waals surface area contributed by atoms with Crippen molar-refractivity contribution < 1.29 is 14.7 Å². The normalized spacial score (nSPS) is 15.9. The molecule has 0 spiro atoms. The van der Waals surface area contributed by atoms with E-state index in [0.717, 1.165) is 18.4 Å². The van der Waals surface area contributed by atoms with Crippen LogP contribution in [0.1, 0.15) is 35.2 Å². The molecule has 0 unspecified atom stereocenters. The van der Waals surface area contributed by atoms with Crippen LogP contribution in [0.25, 0.3) is 0 Å². The maximum Gasteiger partial charge on any atom is 0.337 e. The van der Waals surface area contributed by atoms with Crippen LogP contribution in [0.5, 0.6) is 0 Å². The number of anilines is 1. The lowest BCUT2D eigenvalue weighted by molar-refractivity contribution is 0.0698. The lowest BCUT2D eigenvalue weighted by atomic mass is 9.84. The van der Waals surface area contributed by atoms with Crippen molar-refractivity contribution in [3.8, 4) is 0 Å². The van der Waals surface area contributed by atoms with Gasteiger partial charge in [0.05, 0.1) is 11.3 Å². The first kappa shape index (κ1) is 15.7. The van der Waals surface area contributed by atoms with Gasteiger partial charge in [0.1, 0.15) is 0 Å². The number of benzene rings is 1. The lowest BCUT2D eigenvalue weighted by Crippen LogP contribution is -2.46. The largest absolute Gasteiger partial charge is 0.478 e. The maximum atomic E-state index is 12.0. The second-order valence-corrected chi connectivity index (χ2v) is 6.68. The number of carbonyl (C=O) groups excluding carboxylic acids is 1. The first-order chi connectivity index (χ1) is 9.96. The molecule has 1 aromatic carbocycles. The van der Waals surface area contributed by atoms with Gasteiger partial charge in [-0.1, -0.05) is 18.1 Å². The van der Waals surface area contributed by atoms with E-state index in [1.807, 2.05) is 6.92 Å². The van der Waals surface area contributed by atoms with Crippen LogP contribution in [0, 0.1) is 6.92 Å². The summed E-state index contributed by atoms with van der Waals surface area (Å²) >= 11 is 1.78. The molecule has 1 saturated carbocycles. The van der Waals surface area contributed by atoms with Gasteiger partial charge in [0.2, 0.25) is 0 Å². The van der Waals surface area contributed by atoms with Gasteiger partial charge in [-0.05, 0) is 38.2 Å². The molecule has 5 nitrogen and oxygen atoms in total. The number of amides is 2. The monoisotopic (exact) mass is 308 g/mol. The zero-order chi connectivity index (χ0) is 15.5. The molecule has 0 bridgehead atoms. The predicted molar refractivity (Wildman–Crippen MR) is 85.3 cm³/mol. The molecule has 0 aromatic heterocycles. The van der Waals surface area contributed by atoms with Crippen molar-refractivity contribution in [3.05, 3.63) is 29.3 Å². The number of aryl methyl sites for hydroxylation is 1. The Bertz CT molecular complexity index is 550. The molecule has 3 N–H and O–H groups in total. The molecule has 1 fully saturated rings. The average Bonchev–Trinajstić information content (AvgIpc) is 2.40. The Morgan fingerprint density at radius 2 is 2.10 bits per heavy atom. The quantitative estimate of drug-likeness (QED) is 0.781. The summed E-state index contributed by atoms with van der Waals surface area (Å²) in [7, 11) is 0. The Morgan fingerprint density at radius 1 is 1.38 bits per heavy atom. The molecule has 1 aromatic rings. The minimum atomic E-state index is -1.05. The lowest BCUT2D eigenvalue weighted by Gasteiger charge is -2.40. The van der Waals surface area contributed by atoms with Crippen LogP contribution in [0.3, 0.4) is 0 Å². The van der Waals surface area contributed by atoms with Crippen LogP contribution in [-0.4, -0.2) is 34.7 Å². The van der Waals surface area contributed by atoms with Crippen molar-refractivity contribution in [1.82, 2.24) is 5.32 Å². The highest BCUT2D eigenvalue weighted by Crippen LogP contribution is 2.42. The number of hydrogen-bond acceptors (Lipinski definition) is 3. The summed E-state index contributed by atoms with van der Waals surface area (Å²) in [4.78, 5) is 23.1. The van der Waals surface area contributed by atoms with Crippen molar-refractivity contribution >= 4 is 29.4 Å². The Hall–Kier alpha value is -1.69. The number of rotatable bonds is 5. The van der Waals surface area contributed by atoms with Crippen molar-refractivity contribution in [3.63, 3.8) is 0 Å². The molecule has 1 aliphatic carbocycles. The molecular weight excluding hydrogens is 288 g/mol. The number of carboxylic acid groups (broad SMARTS) is 1. The van der Waals surface area contributed by atoms with Gasteiger partial charge in [-0.15, -0.1) is 0 Å². The summed E-state index contributed by atoms with van der Waals surface area (Å²) in [5, 5.41) is 14.6. The summed E-state index contributed by atoms with van der Waals surface area (Å²) < 4.78 is 0.153. The molecule has 0 atom stereocenters. The van der Waals surface area contributed by atoms with E-state index in [-0.39, 0.29) is 16.3 Å².